The van der Waals surface area contributed by atoms with E-state index in [9.17, 15) is 0 Å². The molecule has 0 radical (unpaired) electrons. The summed E-state index contributed by atoms with van der Waals surface area (Å²) < 4.78 is 0. The molecule has 0 heterocycles. The predicted molar refractivity (Wildman–Crippen MR) is 79.7 cm³/mol. The van der Waals surface area contributed by atoms with E-state index in [1.807, 2.05) is 0 Å². The van der Waals surface area contributed by atoms with Crippen molar-refractivity contribution in [2.24, 2.45) is 40.2 Å². The number of nitrogens with two attached hydrogens (primary N) is 1. The zero-order valence-electron chi connectivity index (χ0n) is 12.7. The maximum Gasteiger partial charge on any atom is -0.00462 e. The van der Waals surface area contributed by atoms with Gasteiger partial charge in [0.15, 0.2) is 0 Å². The molecule has 5 saturated carbocycles. The van der Waals surface area contributed by atoms with Gasteiger partial charge in [-0.3, -0.25) is 0 Å². The van der Waals surface area contributed by atoms with Crippen LogP contribution in [0, 0.1) is 34.5 Å². The molecule has 3 unspecified atom stereocenters. The third-order valence-corrected chi connectivity index (χ3v) is 7.77. The van der Waals surface area contributed by atoms with Crippen LogP contribution in [0.15, 0.2) is 0 Å². The smallest absolute Gasteiger partial charge is 0.00462 e. The summed E-state index contributed by atoms with van der Waals surface area (Å²) >= 11 is 0. The SMILES string of the molecule is CC(CN)C12CC3CC(C1)CC(C1CCCC1)(C3)C2. The minimum absolute atomic E-state index is 0.654. The van der Waals surface area contributed by atoms with Gasteiger partial charge < -0.3 is 5.73 Å². The van der Waals surface area contributed by atoms with Gasteiger partial charge in [-0.05, 0) is 92.4 Å². The van der Waals surface area contributed by atoms with Crippen LogP contribution in [0.3, 0.4) is 0 Å². The van der Waals surface area contributed by atoms with Crippen LogP contribution in [0.4, 0.5) is 0 Å². The molecule has 0 spiro atoms. The molecule has 1 nitrogen and oxygen atoms in total. The minimum Gasteiger partial charge on any atom is -0.330 e. The van der Waals surface area contributed by atoms with E-state index in [1.165, 1.54) is 25.7 Å². The van der Waals surface area contributed by atoms with Crippen molar-refractivity contribution in [3.63, 3.8) is 0 Å². The lowest BCUT2D eigenvalue weighted by molar-refractivity contribution is -0.154. The fourth-order valence-electron chi connectivity index (χ4n) is 7.25. The first-order valence-electron chi connectivity index (χ1n) is 8.86. The highest BCUT2D eigenvalue weighted by molar-refractivity contribution is 5.11. The molecule has 0 aromatic carbocycles. The summed E-state index contributed by atoms with van der Waals surface area (Å²) in [4.78, 5) is 0. The van der Waals surface area contributed by atoms with Crippen LogP contribution in [0.1, 0.15) is 71.1 Å². The number of rotatable bonds is 3. The highest BCUT2D eigenvalue weighted by Crippen LogP contribution is 2.70. The Hall–Kier alpha value is -0.0400. The van der Waals surface area contributed by atoms with E-state index in [2.05, 4.69) is 6.92 Å². The fraction of sp³-hybridized carbons (Fsp3) is 1.00. The van der Waals surface area contributed by atoms with Crippen molar-refractivity contribution in [1.29, 1.82) is 0 Å². The highest BCUT2D eigenvalue weighted by Gasteiger charge is 2.60. The van der Waals surface area contributed by atoms with Gasteiger partial charge in [-0.15, -0.1) is 0 Å². The van der Waals surface area contributed by atoms with E-state index < -0.39 is 0 Å². The predicted octanol–water partition coefficient (Wildman–Crippen LogP) is 4.36. The molecule has 0 aromatic heterocycles. The zero-order chi connectivity index (χ0) is 13.1. The Morgan fingerprint density at radius 3 is 2.26 bits per heavy atom. The van der Waals surface area contributed by atoms with Crippen LogP contribution in [-0.4, -0.2) is 6.54 Å². The van der Waals surface area contributed by atoms with Crippen molar-refractivity contribution in [3.8, 4) is 0 Å². The average molecular weight is 261 g/mol. The normalized spacial score (nSPS) is 50.8. The molecule has 0 saturated heterocycles. The van der Waals surface area contributed by atoms with Gasteiger partial charge in [0, 0.05) is 0 Å². The molecule has 108 valence electrons. The zero-order valence-corrected chi connectivity index (χ0v) is 12.7. The lowest BCUT2D eigenvalue weighted by atomic mass is 9.39. The maximum absolute atomic E-state index is 6.09. The van der Waals surface area contributed by atoms with E-state index in [0.29, 0.717) is 5.41 Å². The summed E-state index contributed by atoms with van der Waals surface area (Å²) in [5.74, 6) is 3.98. The largest absolute Gasteiger partial charge is 0.330 e. The third-order valence-electron chi connectivity index (χ3n) is 7.77. The van der Waals surface area contributed by atoms with Gasteiger partial charge in [-0.25, -0.2) is 0 Å². The second-order valence-corrected chi connectivity index (χ2v) is 8.80. The first-order chi connectivity index (χ1) is 9.16. The second kappa shape index (κ2) is 4.23. The van der Waals surface area contributed by atoms with E-state index in [-0.39, 0.29) is 0 Å². The Labute approximate surface area is 118 Å². The van der Waals surface area contributed by atoms with Crippen LogP contribution in [-0.2, 0) is 0 Å². The Morgan fingerprint density at radius 1 is 1.05 bits per heavy atom. The van der Waals surface area contributed by atoms with Gasteiger partial charge in [-0.2, -0.15) is 0 Å². The van der Waals surface area contributed by atoms with Gasteiger partial charge in [0.05, 0.1) is 0 Å². The van der Waals surface area contributed by atoms with Gasteiger partial charge in [-0.1, -0.05) is 19.8 Å². The van der Waals surface area contributed by atoms with Gasteiger partial charge in [0.25, 0.3) is 0 Å². The summed E-state index contributed by atoms with van der Waals surface area (Å²) in [6.07, 6.45) is 15.5. The molecule has 2 N–H and O–H groups in total. The molecule has 0 aromatic rings. The lowest BCUT2D eigenvalue weighted by Gasteiger charge is -2.66. The molecule has 5 fully saturated rings. The van der Waals surface area contributed by atoms with Crippen molar-refractivity contribution in [2.45, 2.75) is 71.1 Å². The summed E-state index contributed by atoms with van der Waals surface area (Å²) in [6.45, 7) is 3.37. The molecular formula is C18H31N. The van der Waals surface area contributed by atoms with Crippen LogP contribution in [0.25, 0.3) is 0 Å². The minimum atomic E-state index is 0.654. The Kier molecular flexibility index (Phi) is 2.82. The molecule has 19 heavy (non-hydrogen) atoms. The molecule has 4 bridgehead atoms. The van der Waals surface area contributed by atoms with Crippen molar-refractivity contribution >= 4 is 0 Å². The summed E-state index contributed by atoms with van der Waals surface area (Å²) in [5.41, 5.74) is 7.51. The molecule has 3 atom stereocenters. The van der Waals surface area contributed by atoms with Crippen LogP contribution >= 0.6 is 0 Å². The molecule has 5 rings (SSSR count). The maximum atomic E-state index is 6.09. The molecular weight excluding hydrogens is 230 g/mol. The number of hydrogen-bond donors (Lipinski definition) is 1. The monoisotopic (exact) mass is 261 g/mol. The Morgan fingerprint density at radius 2 is 1.68 bits per heavy atom. The quantitative estimate of drug-likeness (QED) is 0.802. The highest BCUT2D eigenvalue weighted by atomic mass is 14.7. The third kappa shape index (κ3) is 1.76. The van der Waals surface area contributed by atoms with Gasteiger partial charge >= 0.3 is 0 Å². The van der Waals surface area contributed by atoms with Gasteiger partial charge in [0.2, 0.25) is 0 Å². The fourth-order valence-corrected chi connectivity index (χ4v) is 7.25. The molecule has 5 aliphatic rings. The van der Waals surface area contributed by atoms with E-state index in [1.54, 1.807) is 38.5 Å². The second-order valence-electron chi connectivity index (χ2n) is 8.80. The Bertz CT molecular complexity index is 341. The Balaban J connectivity index is 1.67. The molecule has 5 aliphatic carbocycles. The van der Waals surface area contributed by atoms with Crippen molar-refractivity contribution in [2.75, 3.05) is 6.54 Å². The van der Waals surface area contributed by atoms with Crippen molar-refractivity contribution < 1.29 is 0 Å². The van der Waals surface area contributed by atoms with Gasteiger partial charge in [0.1, 0.15) is 0 Å². The molecule has 0 aliphatic heterocycles. The first kappa shape index (κ1) is 12.7. The van der Waals surface area contributed by atoms with Crippen LogP contribution in [0.5, 0.6) is 0 Å². The van der Waals surface area contributed by atoms with Crippen LogP contribution < -0.4 is 5.73 Å². The average Bonchev–Trinajstić information content (AvgIpc) is 2.90. The van der Waals surface area contributed by atoms with E-state index >= 15 is 0 Å². The molecule has 0 amide bonds. The first-order valence-corrected chi connectivity index (χ1v) is 8.86. The lowest BCUT2D eigenvalue weighted by Crippen LogP contribution is -2.57. The standard InChI is InChI=1S/C18H31N/c1-13(11-19)17-7-14-6-15(8-17)10-18(9-14,12-17)16-4-2-3-5-16/h13-16H,2-12,19H2,1H3. The van der Waals surface area contributed by atoms with E-state index in [0.717, 1.165) is 35.6 Å². The van der Waals surface area contributed by atoms with E-state index in [4.69, 9.17) is 5.73 Å². The topological polar surface area (TPSA) is 26.0 Å². The van der Waals surface area contributed by atoms with Crippen LogP contribution in [0.2, 0.25) is 0 Å². The number of hydrogen-bond acceptors (Lipinski definition) is 1. The summed E-state index contributed by atoms with van der Waals surface area (Å²) in [6, 6.07) is 0. The molecule has 1 heteroatoms. The summed E-state index contributed by atoms with van der Waals surface area (Å²) in [7, 11) is 0. The van der Waals surface area contributed by atoms with Crippen molar-refractivity contribution in [1.82, 2.24) is 0 Å². The van der Waals surface area contributed by atoms with Crippen molar-refractivity contribution in [3.05, 3.63) is 0 Å². The summed E-state index contributed by atoms with van der Waals surface area (Å²) in [5, 5.41) is 0.